The summed E-state index contributed by atoms with van der Waals surface area (Å²) >= 11 is 0. The summed E-state index contributed by atoms with van der Waals surface area (Å²) in [5, 5.41) is 2.47. The average Bonchev–Trinajstić information content (AvgIpc) is 2.43. The molecular weight excluding hydrogens is 276 g/mol. The molecule has 0 aromatic heterocycles. The van der Waals surface area contributed by atoms with Gasteiger partial charge in [0.05, 0.1) is 5.69 Å². The van der Waals surface area contributed by atoms with Gasteiger partial charge in [-0.25, -0.2) is 8.78 Å². The van der Waals surface area contributed by atoms with Crippen LogP contribution in [-0.4, -0.2) is 11.5 Å². The first-order valence-corrected chi connectivity index (χ1v) is 6.39. The predicted octanol–water partition coefficient (Wildman–Crippen LogP) is 3.76. The van der Waals surface area contributed by atoms with Gasteiger partial charge in [-0.1, -0.05) is 12.1 Å². The fraction of sp³-hybridized carbons (Fsp3) is 0.188. The molecule has 0 spiro atoms. The Morgan fingerprint density at radius 1 is 1.05 bits per heavy atom. The zero-order chi connectivity index (χ0) is 15.5. The van der Waals surface area contributed by atoms with E-state index in [9.17, 15) is 13.6 Å². The number of amides is 1. The average molecular weight is 291 g/mol. The number of nitrogens with one attached hydrogen (secondary N) is 1. The van der Waals surface area contributed by atoms with Crippen molar-refractivity contribution in [3.8, 4) is 5.75 Å². The minimum Gasteiger partial charge on any atom is -0.478 e. The van der Waals surface area contributed by atoms with Crippen LogP contribution in [0.5, 0.6) is 5.75 Å². The quantitative estimate of drug-likeness (QED) is 0.931. The van der Waals surface area contributed by atoms with Gasteiger partial charge in [0.2, 0.25) is 0 Å². The first kappa shape index (κ1) is 15.0. The van der Waals surface area contributed by atoms with Crippen LogP contribution in [0.15, 0.2) is 48.5 Å². The Morgan fingerprint density at radius 2 is 1.67 bits per heavy atom. The van der Waals surface area contributed by atoms with Crippen molar-refractivity contribution in [2.24, 2.45) is 0 Å². The minimum atomic E-state index is -1.24. The van der Waals surface area contributed by atoms with Gasteiger partial charge in [0.25, 0.3) is 5.91 Å². The monoisotopic (exact) mass is 291 g/mol. The molecule has 5 heteroatoms. The van der Waals surface area contributed by atoms with E-state index in [2.05, 4.69) is 5.32 Å². The maximum atomic E-state index is 13.5. The second-order valence-corrected chi connectivity index (χ2v) is 5.00. The van der Waals surface area contributed by atoms with Crippen LogP contribution in [0.3, 0.4) is 0 Å². The molecule has 0 saturated heterocycles. The summed E-state index contributed by atoms with van der Waals surface area (Å²) in [5.74, 6) is -1.07. The lowest BCUT2D eigenvalue weighted by molar-refractivity contribution is -0.128. The lowest BCUT2D eigenvalue weighted by Crippen LogP contribution is -2.42. The van der Waals surface area contributed by atoms with Crippen LogP contribution in [0.4, 0.5) is 14.5 Å². The van der Waals surface area contributed by atoms with Crippen LogP contribution in [0.25, 0.3) is 0 Å². The molecule has 2 rings (SSSR count). The van der Waals surface area contributed by atoms with E-state index >= 15 is 0 Å². The van der Waals surface area contributed by atoms with Gasteiger partial charge in [0.1, 0.15) is 17.4 Å². The molecular formula is C16H15F2NO2. The normalized spacial score (nSPS) is 11.0. The third-order valence-corrected chi connectivity index (χ3v) is 2.86. The van der Waals surface area contributed by atoms with Gasteiger partial charge in [0, 0.05) is 0 Å². The first-order chi connectivity index (χ1) is 9.88. The summed E-state index contributed by atoms with van der Waals surface area (Å²) in [4.78, 5) is 12.2. The Hall–Kier alpha value is -2.43. The number of benzene rings is 2. The maximum absolute atomic E-state index is 13.5. The summed E-state index contributed by atoms with van der Waals surface area (Å²) < 4.78 is 31.9. The number of para-hydroxylation sites is 1. The molecule has 110 valence electrons. The molecule has 0 aliphatic rings. The van der Waals surface area contributed by atoms with Crippen molar-refractivity contribution < 1.29 is 18.3 Å². The zero-order valence-electron chi connectivity index (χ0n) is 11.7. The highest BCUT2D eigenvalue weighted by atomic mass is 19.1. The van der Waals surface area contributed by atoms with Crippen molar-refractivity contribution in [2.45, 2.75) is 19.4 Å². The number of carbonyl (C=O) groups is 1. The maximum Gasteiger partial charge on any atom is 0.268 e. The lowest BCUT2D eigenvalue weighted by atomic mass is 10.1. The number of ether oxygens (including phenoxy) is 1. The molecule has 0 heterocycles. The third kappa shape index (κ3) is 3.78. The van der Waals surface area contributed by atoms with Crippen LogP contribution in [-0.2, 0) is 4.79 Å². The van der Waals surface area contributed by atoms with E-state index in [0.717, 1.165) is 0 Å². The largest absolute Gasteiger partial charge is 0.478 e. The van der Waals surface area contributed by atoms with Gasteiger partial charge in [-0.05, 0) is 50.2 Å². The van der Waals surface area contributed by atoms with Crippen molar-refractivity contribution in [1.29, 1.82) is 0 Å². The first-order valence-electron chi connectivity index (χ1n) is 6.39. The summed E-state index contributed by atoms with van der Waals surface area (Å²) in [7, 11) is 0. The van der Waals surface area contributed by atoms with E-state index in [1.807, 2.05) is 0 Å². The molecule has 21 heavy (non-hydrogen) atoms. The van der Waals surface area contributed by atoms with Crippen LogP contribution < -0.4 is 10.1 Å². The Morgan fingerprint density at radius 3 is 2.29 bits per heavy atom. The van der Waals surface area contributed by atoms with Crippen molar-refractivity contribution >= 4 is 11.6 Å². The summed E-state index contributed by atoms with van der Waals surface area (Å²) in [6, 6.07) is 11.2. The van der Waals surface area contributed by atoms with Gasteiger partial charge in [-0.3, -0.25) is 4.79 Å². The van der Waals surface area contributed by atoms with Crippen LogP contribution in [0.2, 0.25) is 0 Å². The fourth-order valence-corrected chi connectivity index (χ4v) is 1.68. The minimum absolute atomic E-state index is 0.0817. The molecule has 0 bridgehead atoms. The molecule has 2 aromatic rings. The molecule has 1 amide bonds. The summed E-state index contributed by atoms with van der Waals surface area (Å²) in [6.45, 7) is 3.10. The van der Waals surface area contributed by atoms with Crippen molar-refractivity contribution in [3.63, 3.8) is 0 Å². The van der Waals surface area contributed by atoms with Gasteiger partial charge >= 0.3 is 0 Å². The van der Waals surface area contributed by atoms with Crippen LogP contribution >= 0.6 is 0 Å². The topological polar surface area (TPSA) is 38.3 Å². The van der Waals surface area contributed by atoms with E-state index < -0.39 is 23.1 Å². The Labute approximate surface area is 121 Å². The number of hydrogen-bond donors (Lipinski definition) is 1. The second-order valence-electron chi connectivity index (χ2n) is 5.00. The molecule has 0 radical (unpaired) electrons. The number of halogens is 2. The molecule has 1 N–H and O–H groups in total. The highest BCUT2D eigenvalue weighted by Crippen LogP contribution is 2.21. The van der Waals surface area contributed by atoms with Crippen molar-refractivity contribution in [2.75, 3.05) is 5.32 Å². The van der Waals surface area contributed by atoms with Gasteiger partial charge < -0.3 is 10.1 Å². The highest BCUT2D eigenvalue weighted by Gasteiger charge is 2.30. The summed E-state index contributed by atoms with van der Waals surface area (Å²) in [5.41, 5.74) is -1.15. The predicted molar refractivity (Wildman–Crippen MR) is 76.1 cm³/mol. The van der Waals surface area contributed by atoms with Gasteiger partial charge in [0.15, 0.2) is 5.60 Å². The third-order valence-electron chi connectivity index (χ3n) is 2.86. The standard InChI is InChI=1S/C16H15F2NO2/c1-16(2,21-12-9-7-11(17)8-10-12)15(20)19-14-6-4-3-5-13(14)18/h3-10H,1-2H3,(H,19,20). The molecule has 0 unspecified atom stereocenters. The summed E-state index contributed by atoms with van der Waals surface area (Å²) in [6.07, 6.45) is 0. The molecule has 0 atom stereocenters. The fourth-order valence-electron chi connectivity index (χ4n) is 1.68. The van der Waals surface area contributed by atoms with Crippen LogP contribution in [0, 0.1) is 11.6 Å². The lowest BCUT2D eigenvalue weighted by Gasteiger charge is -2.25. The Balaban J connectivity index is 2.10. The second kappa shape index (κ2) is 5.91. The number of hydrogen-bond acceptors (Lipinski definition) is 2. The smallest absolute Gasteiger partial charge is 0.268 e. The molecule has 0 saturated carbocycles. The van der Waals surface area contributed by atoms with Crippen molar-refractivity contribution in [1.82, 2.24) is 0 Å². The van der Waals surface area contributed by atoms with Crippen molar-refractivity contribution in [3.05, 3.63) is 60.2 Å². The molecule has 0 aliphatic heterocycles. The highest BCUT2D eigenvalue weighted by molar-refractivity contribution is 5.97. The Bertz CT molecular complexity index is 639. The van der Waals surface area contributed by atoms with E-state index in [1.54, 1.807) is 19.9 Å². The van der Waals surface area contributed by atoms with E-state index in [1.165, 1.54) is 42.5 Å². The number of rotatable bonds is 4. The van der Waals surface area contributed by atoms with Crippen LogP contribution in [0.1, 0.15) is 13.8 Å². The Kier molecular flexibility index (Phi) is 4.21. The van der Waals surface area contributed by atoms with E-state index in [4.69, 9.17) is 4.74 Å². The van der Waals surface area contributed by atoms with E-state index in [0.29, 0.717) is 5.75 Å². The molecule has 0 aliphatic carbocycles. The molecule has 0 fully saturated rings. The molecule has 2 aromatic carbocycles. The van der Waals surface area contributed by atoms with E-state index in [-0.39, 0.29) is 5.69 Å². The zero-order valence-corrected chi connectivity index (χ0v) is 11.7. The van der Waals surface area contributed by atoms with Gasteiger partial charge in [-0.15, -0.1) is 0 Å². The number of carbonyl (C=O) groups excluding carboxylic acids is 1. The SMILES string of the molecule is CC(C)(Oc1ccc(F)cc1)C(=O)Nc1ccccc1F. The number of anilines is 1. The molecule has 3 nitrogen and oxygen atoms in total. The van der Waals surface area contributed by atoms with Gasteiger partial charge in [-0.2, -0.15) is 0 Å².